The molecule has 0 heterocycles. The molecular formula is C9H14O4. The molecule has 0 aromatic rings. The summed E-state index contributed by atoms with van der Waals surface area (Å²) >= 11 is 0. The average molecular weight is 186 g/mol. The van der Waals surface area contributed by atoms with E-state index in [1.807, 2.05) is 0 Å². The molecule has 1 N–H and O–H groups in total. The number of ketones is 1. The van der Waals surface area contributed by atoms with E-state index in [0.717, 1.165) is 0 Å². The number of rotatable bonds is 2. The highest BCUT2D eigenvalue weighted by molar-refractivity contribution is 5.80. The first-order valence-electron chi connectivity index (χ1n) is 4.37. The second kappa shape index (κ2) is 3.87. The molecule has 0 spiro atoms. The molecule has 1 aliphatic rings. The molecule has 0 aliphatic heterocycles. The van der Waals surface area contributed by atoms with Crippen molar-refractivity contribution < 1.29 is 19.4 Å². The van der Waals surface area contributed by atoms with E-state index in [9.17, 15) is 14.7 Å². The standard InChI is InChI=1S/C9H14O4/c1-13-8(11)6-9(12)4-2-7(10)3-5-9/h12H,2-6H2,1H3. The molecule has 0 amide bonds. The van der Waals surface area contributed by atoms with Crippen LogP contribution in [0.25, 0.3) is 0 Å². The Labute approximate surface area is 76.9 Å². The van der Waals surface area contributed by atoms with E-state index in [4.69, 9.17) is 0 Å². The maximum atomic E-state index is 10.9. The maximum absolute atomic E-state index is 10.9. The smallest absolute Gasteiger partial charge is 0.308 e. The number of Topliss-reactive ketones (excluding diaryl/α,β-unsaturated/α-hetero) is 1. The monoisotopic (exact) mass is 186 g/mol. The van der Waals surface area contributed by atoms with Crippen molar-refractivity contribution in [2.45, 2.75) is 37.7 Å². The summed E-state index contributed by atoms with van der Waals surface area (Å²) in [6.45, 7) is 0. The van der Waals surface area contributed by atoms with E-state index in [1.54, 1.807) is 0 Å². The number of hydrogen-bond donors (Lipinski definition) is 1. The van der Waals surface area contributed by atoms with Crippen molar-refractivity contribution in [3.63, 3.8) is 0 Å². The van der Waals surface area contributed by atoms with Gasteiger partial charge in [-0.3, -0.25) is 9.59 Å². The topological polar surface area (TPSA) is 63.6 Å². The molecule has 4 heteroatoms. The number of esters is 1. The fourth-order valence-corrected chi connectivity index (χ4v) is 1.51. The highest BCUT2D eigenvalue weighted by Gasteiger charge is 2.34. The molecule has 13 heavy (non-hydrogen) atoms. The molecule has 4 nitrogen and oxygen atoms in total. The van der Waals surface area contributed by atoms with Crippen LogP contribution in [-0.4, -0.2) is 29.6 Å². The second-order valence-corrected chi connectivity index (χ2v) is 3.52. The molecule has 1 aliphatic carbocycles. The van der Waals surface area contributed by atoms with Gasteiger partial charge in [-0.05, 0) is 12.8 Å². The molecular weight excluding hydrogens is 172 g/mol. The molecule has 1 fully saturated rings. The van der Waals surface area contributed by atoms with Crippen molar-refractivity contribution in [3.05, 3.63) is 0 Å². The van der Waals surface area contributed by atoms with Gasteiger partial charge in [0.15, 0.2) is 0 Å². The van der Waals surface area contributed by atoms with Gasteiger partial charge in [0.25, 0.3) is 0 Å². The van der Waals surface area contributed by atoms with Gasteiger partial charge in [0.2, 0.25) is 0 Å². The third kappa shape index (κ3) is 2.81. The van der Waals surface area contributed by atoms with Crippen LogP contribution >= 0.6 is 0 Å². The van der Waals surface area contributed by atoms with Crippen LogP contribution in [0.1, 0.15) is 32.1 Å². The van der Waals surface area contributed by atoms with Crippen molar-refractivity contribution in [1.29, 1.82) is 0 Å². The van der Waals surface area contributed by atoms with E-state index in [1.165, 1.54) is 7.11 Å². The lowest BCUT2D eigenvalue weighted by atomic mass is 9.82. The molecule has 0 atom stereocenters. The highest BCUT2D eigenvalue weighted by Crippen LogP contribution is 2.29. The van der Waals surface area contributed by atoms with Crippen LogP contribution < -0.4 is 0 Å². The number of carbonyl (C=O) groups excluding carboxylic acids is 2. The molecule has 1 saturated carbocycles. The largest absolute Gasteiger partial charge is 0.469 e. The van der Waals surface area contributed by atoms with Gasteiger partial charge in [-0.2, -0.15) is 0 Å². The Hall–Kier alpha value is -0.900. The maximum Gasteiger partial charge on any atom is 0.308 e. The summed E-state index contributed by atoms with van der Waals surface area (Å²) < 4.78 is 4.46. The summed E-state index contributed by atoms with van der Waals surface area (Å²) in [5.41, 5.74) is -1.01. The van der Waals surface area contributed by atoms with Gasteiger partial charge < -0.3 is 9.84 Å². The summed E-state index contributed by atoms with van der Waals surface area (Å²) in [5.74, 6) is -0.258. The number of methoxy groups -OCH3 is 1. The van der Waals surface area contributed by atoms with Gasteiger partial charge in [-0.25, -0.2) is 0 Å². The van der Waals surface area contributed by atoms with Crippen LogP contribution in [0.2, 0.25) is 0 Å². The Bertz CT molecular complexity index is 212. The lowest BCUT2D eigenvalue weighted by Crippen LogP contribution is -2.36. The van der Waals surface area contributed by atoms with Gasteiger partial charge in [-0.15, -0.1) is 0 Å². The van der Waals surface area contributed by atoms with E-state index < -0.39 is 11.6 Å². The third-order valence-electron chi connectivity index (χ3n) is 2.44. The molecule has 0 unspecified atom stereocenters. The van der Waals surface area contributed by atoms with E-state index >= 15 is 0 Å². The SMILES string of the molecule is COC(=O)CC1(O)CCC(=O)CC1. The van der Waals surface area contributed by atoms with Crippen LogP contribution in [0.15, 0.2) is 0 Å². The van der Waals surface area contributed by atoms with Crippen molar-refractivity contribution in [1.82, 2.24) is 0 Å². The van der Waals surface area contributed by atoms with Crippen molar-refractivity contribution >= 4 is 11.8 Å². The van der Waals surface area contributed by atoms with Gasteiger partial charge >= 0.3 is 5.97 Å². The zero-order chi connectivity index (χ0) is 9.90. The minimum absolute atomic E-state index is 0.00319. The summed E-state index contributed by atoms with van der Waals surface area (Å²) in [7, 11) is 1.29. The van der Waals surface area contributed by atoms with Crippen LogP contribution in [0.3, 0.4) is 0 Å². The van der Waals surface area contributed by atoms with Gasteiger partial charge in [-0.1, -0.05) is 0 Å². The van der Waals surface area contributed by atoms with Crippen molar-refractivity contribution in [2.75, 3.05) is 7.11 Å². The zero-order valence-corrected chi connectivity index (χ0v) is 7.71. The van der Waals surface area contributed by atoms with Crippen LogP contribution in [0.5, 0.6) is 0 Å². The third-order valence-corrected chi connectivity index (χ3v) is 2.44. The molecule has 0 saturated heterocycles. The first-order valence-corrected chi connectivity index (χ1v) is 4.37. The molecule has 0 bridgehead atoms. The Morgan fingerprint density at radius 1 is 1.54 bits per heavy atom. The van der Waals surface area contributed by atoms with E-state index in [2.05, 4.69) is 4.74 Å². The number of hydrogen-bond acceptors (Lipinski definition) is 4. The predicted molar refractivity (Wildman–Crippen MR) is 45.1 cm³/mol. The van der Waals surface area contributed by atoms with Gasteiger partial charge in [0, 0.05) is 12.8 Å². The minimum Gasteiger partial charge on any atom is -0.469 e. The van der Waals surface area contributed by atoms with Gasteiger partial charge in [0.05, 0.1) is 19.1 Å². The van der Waals surface area contributed by atoms with Gasteiger partial charge in [0.1, 0.15) is 5.78 Å². The first kappa shape index (κ1) is 10.2. The molecule has 0 aromatic heterocycles. The van der Waals surface area contributed by atoms with Crippen LogP contribution in [0, 0.1) is 0 Å². The Balaban J connectivity index is 2.47. The lowest BCUT2D eigenvalue weighted by molar-refractivity contribution is -0.149. The quantitative estimate of drug-likeness (QED) is 0.635. The van der Waals surface area contributed by atoms with E-state index in [-0.39, 0.29) is 12.2 Å². The second-order valence-electron chi connectivity index (χ2n) is 3.52. The summed E-state index contributed by atoms with van der Waals surface area (Å²) in [4.78, 5) is 21.8. The van der Waals surface area contributed by atoms with Crippen LogP contribution in [-0.2, 0) is 14.3 Å². The summed E-state index contributed by atoms with van der Waals surface area (Å²) in [6.07, 6.45) is 1.49. The van der Waals surface area contributed by atoms with Crippen molar-refractivity contribution in [2.24, 2.45) is 0 Å². The Morgan fingerprint density at radius 3 is 2.54 bits per heavy atom. The fraction of sp³-hybridized carbons (Fsp3) is 0.778. The van der Waals surface area contributed by atoms with Crippen LogP contribution in [0.4, 0.5) is 0 Å². The number of carbonyl (C=O) groups is 2. The Kier molecular flexibility index (Phi) is 3.03. The number of ether oxygens (including phenoxy) is 1. The lowest BCUT2D eigenvalue weighted by Gasteiger charge is -2.30. The predicted octanol–water partition coefficient (Wildman–Crippen LogP) is 0.424. The zero-order valence-electron chi connectivity index (χ0n) is 7.71. The number of aliphatic hydroxyl groups is 1. The molecule has 0 aromatic carbocycles. The molecule has 1 rings (SSSR count). The first-order chi connectivity index (χ1) is 6.06. The summed E-state index contributed by atoms with van der Waals surface area (Å²) in [6, 6.07) is 0. The summed E-state index contributed by atoms with van der Waals surface area (Å²) in [5, 5.41) is 9.84. The fourth-order valence-electron chi connectivity index (χ4n) is 1.51. The van der Waals surface area contributed by atoms with E-state index in [0.29, 0.717) is 25.7 Å². The van der Waals surface area contributed by atoms with Crippen molar-refractivity contribution in [3.8, 4) is 0 Å². The Morgan fingerprint density at radius 2 is 2.08 bits per heavy atom. The molecule has 74 valence electrons. The normalized spacial score (nSPS) is 21.2. The average Bonchev–Trinajstić information content (AvgIpc) is 2.10. The minimum atomic E-state index is -1.01. The highest BCUT2D eigenvalue weighted by atomic mass is 16.5. The molecule has 0 radical (unpaired) electrons.